The molecule has 1 atom stereocenters. The maximum atomic E-state index is 12.6. The summed E-state index contributed by atoms with van der Waals surface area (Å²) in [5, 5.41) is 0. The number of piperazine rings is 1. The molecule has 0 radical (unpaired) electrons. The molecule has 0 saturated carbocycles. The SMILES string of the molecule is C[C@@H](N)c1ccc(C2(N3CCN(C(=O)Oc4ccccc4)CC3)CCOCC2)cc1. The van der Waals surface area contributed by atoms with E-state index in [9.17, 15) is 4.79 Å². The molecule has 1 amide bonds. The minimum atomic E-state index is -0.275. The van der Waals surface area contributed by atoms with Gasteiger partial charge in [-0.1, -0.05) is 42.5 Å². The van der Waals surface area contributed by atoms with Crippen LogP contribution in [0.4, 0.5) is 4.79 Å². The molecule has 2 aromatic rings. The van der Waals surface area contributed by atoms with E-state index in [0.717, 1.165) is 44.7 Å². The monoisotopic (exact) mass is 409 g/mol. The number of amides is 1. The summed E-state index contributed by atoms with van der Waals surface area (Å²) in [6.45, 7) is 6.47. The third-order valence-corrected chi connectivity index (χ3v) is 6.39. The van der Waals surface area contributed by atoms with Gasteiger partial charge in [-0.2, -0.15) is 0 Å². The molecular formula is C24H31N3O3. The number of para-hydroxylation sites is 1. The molecule has 2 saturated heterocycles. The molecule has 2 fully saturated rings. The lowest BCUT2D eigenvalue weighted by molar-refractivity contribution is -0.0483. The molecule has 0 spiro atoms. The number of hydrogen-bond donors (Lipinski definition) is 1. The molecule has 6 heteroatoms. The number of benzene rings is 2. The lowest BCUT2D eigenvalue weighted by atomic mass is 9.80. The normalized spacial score (nSPS) is 20.5. The topological polar surface area (TPSA) is 68.0 Å². The van der Waals surface area contributed by atoms with Crippen LogP contribution in [0.1, 0.15) is 36.9 Å². The molecule has 0 unspecified atom stereocenters. The largest absolute Gasteiger partial charge is 0.415 e. The first-order valence-electron chi connectivity index (χ1n) is 10.8. The average Bonchev–Trinajstić information content (AvgIpc) is 2.80. The van der Waals surface area contributed by atoms with Crippen LogP contribution in [-0.4, -0.2) is 55.3 Å². The molecular weight excluding hydrogens is 378 g/mol. The van der Waals surface area contributed by atoms with Crippen LogP contribution in [-0.2, 0) is 10.3 Å². The summed E-state index contributed by atoms with van der Waals surface area (Å²) in [6.07, 6.45) is 1.64. The third-order valence-electron chi connectivity index (χ3n) is 6.39. The Hall–Kier alpha value is -2.41. The maximum Gasteiger partial charge on any atom is 0.415 e. The number of nitrogens with two attached hydrogens (primary N) is 1. The van der Waals surface area contributed by atoms with Gasteiger partial charge in [-0.25, -0.2) is 4.79 Å². The zero-order valence-electron chi connectivity index (χ0n) is 17.6. The van der Waals surface area contributed by atoms with E-state index in [1.807, 2.05) is 25.1 Å². The van der Waals surface area contributed by atoms with Crippen LogP contribution >= 0.6 is 0 Å². The van der Waals surface area contributed by atoms with E-state index in [4.69, 9.17) is 15.2 Å². The van der Waals surface area contributed by atoms with Crippen LogP contribution < -0.4 is 10.5 Å². The second-order valence-electron chi connectivity index (χ2n) is 8.21. The minimum Gasteiger partial charge on any atom is -0.410 e. The Kier molecular flexibility index (Phi) is 6.37. The zero-order chi connectivity index (χ0) is 21.0. The number of carbonyl (C=O) groups is 1. The number of hydrogen-bond acceptors (Lipinski definition) is 5. The second kappa shape index (κ2) is 9.16. The molecule has 2 aliphatic rings. The van der Waals surface area contributed by atoms with Gasteiger partial charge in [-0.3, -0.25) is 4.90 Å². The van der Waals surface area contributed by atoms with Gasteiger partial charge in [0.1, 0.15) is 5.75 Å². The summed E-state index contributed by atoms with van der Waals surface area (Å²) in [5.41, 5.74) is 8.45. The Bertz CT molecular complexity index is 825. The van der Waals surface area contributed by atoms with Gasteiger partial charge in [0, 0.05) is 45.4 Å². The van der Waals surface area contributed by atoms with Crippen molar-refractivity contribution in [2.45, 2.75) is 31.3 Å². The van der Waals surface area contributed by atoms with Crippen molar-refractivity contribution in [1.29, 1.82) is 0 Å². The first kappa shape index (κ1) is 20.8. The lowest BCUT2D eigenvalue weighted by Crippen LogP contribution is -2.58. The number of nitrogens with zero attached hydrogens (tertiary/aromatic N) is 2. The zero-order valence-corrected chi connectivity index (χ0v) is 17.6. The molecule has 0 aliphatic carbocycles. The van der Waals surface area contributed by atoms with Gasteiger partial charge < -0.3 is 20.1 Å². The van der Waals surface area contributed by atoms with Gasteiger partial charge >= 0.3 is 6.09 Å². The van der Waals surface area contributed by atoms with Crippen molar-refractivity contribution in [1.82, 2.24) is 9.80 Å². The van der Waals surface area contributed by atoms with Crippen molar-refractivity contribution < 1.29 is 14.3 Å². The molecule has 4 rings (SSSR count). The number of carbonyl (C=O) groups excluding carboxylic acids is 1. The fraction of sp³-hybridized carbons (Fsp3) is 0.458. The Morgan fingerprint density at radius 3 is 2.23 bits per heavy atom. The Morgan fingerprint density at radius 2 is 1.63 bits per heavy atom. The number of rotatable bonds is 4. The molecule has 2 aromatic carbocycles. The van der Waals surface area contributed by atoms with Crippen LogP contribution in [0.3, 0.4) is 0 Å². The predicted molar refractivity (Wildman–Crippen MR) is 116 cm³/mol. The Labute approximate surface area is 178 Å². The summed E-state index contributed by atoms with van der Waals surface area (Å²) in [5.74, 6) is 0.583. The highest BCUT2D eigenvalue weighted by Gasteiger charge is 2.41. The lowest BCUT2D eigenvalue weighted by Gasteiger charge is -2.49. The van der Waals surface area contributed by atoms with E-state index >= 15 is 0 Å². The van der Waals surface area contributed by atoms with Gasteiger partial charge in [-0.15, -0.1) is 0 Å². The molecule has 30 heavy (non-hydrogen) atoms. The highest BCUT2D eigenvalue weighted by atomic mass is 16.6. The van der Waals surface area contributed by atoms with Gasteiger partial charge in [0.15, 0.2) is 0 Å². The Morgan fingerprint density at radius 1 is 1.00 bits per heavy atom. The van der Waals surface area contributed by atoms with E-state index in [0.29, 0.717) is 18.8 Å². The van der Waals surface area contributed by atoms with Crippen LogP contribution in [0.25, 0.3) is 0 Å². The van der Waals surface area contributed by atoms with Gasteiger partial charge in [0.2, 0.25) is 0 Å². The van der Waals surface area contributed by atoms with E-state index in [2.05, 4.69) is 29.2 Å². The van der Waals surface area contributed by atoms with Crippen molar-refractivity contribution in [2.75, 3.05) is 39.4 Å². The predicted octanol–water partition coefficient (Wildman–Crippen LogP) is 3.53. The van der Waals surface area contributed by atoms with E-state index < -0.39 is 0 Å². The molecule has 2 N–H and O–H groups in total. The quantitative estimate of drug-likeness (QED) is 0.837. The summed E-state index contributed by atoms with van der Waals surface area (Å²) in [4.78, 5) is 16.9. The summed E-state index contributed by atoms with van der Waals surface area (Å²) in [7, 11) is 0. The van der Waals surface area contributed by atoms with Gasteiger partial charge in [0.25, 0.3) is 0 Å². The van der Waals surface area contributed by atoms with Crippen LogP contribution in [0.5, 0.6) is 5.75 Å². The molecule has 160 valence electrons. The standard InChI is InChI=1S/C24H31N3O3/c1-19(25)20-7-9-21(10-8-20)24(11-17-29-18-12-24)27-15-13-26(14-16-27)23(28)30-22-5-3-2-4-6-22/h2-10,19H,11-18,25H2,1H3/t19-/m1/s1. The van der Waals surface area contributed by atoms with E-state index in [1.54, 1.807) is 17.0 Å². The first-order valence-corrected chi connectivity index (χ1v) is 10.8. The highest BCUT2D eigenvalue weighted by Crippen LogP contribution is 2.39. The van der Waals surface area contributed by atoms with E-state index in [1.165, 1.54) is 5.56 Å². The molecule has 2 aliphatic heterocycles. The fourth-order valence-electron chi connectivity index (χ4n) is 4.56. The second-order valence-corrected chi connectivity index (χ2v) is 8.21. The van der Waals surface area contributed by atoms with Crippen LogP contribution in [0.15, 0.2) is 54.6 Å². The molecule has 0 aromatic heterocycles. The first-order chi connectivity index (χ1) is 14.6. The molecule has 6 nitrogen and oxygen atoms in total. The fourth-order valence-corrected chi connectivity index (χ4v) is 4.56. The number of ether oxygens (including phenoxy) is 2. The van der Waals surface area contributed by atoms with E-state index in [-0.39, 0.29) is 17.7 Å². The third kappa shape index (κ3) is 4.36. The van der Waals surface area contributed by atoms with Crippen molar-refractivity contribution in [3.8, 4) is 5.75 Å². The maximum absolute atomic E-state index is 12.6. The summed E-state index contributed by atoms with van der Waals surface area (Å²) >= 11 is 0. The molecule has 2 heterocycles. The van der Waals surface area contributed by atoms with Crippen LogP contribution in [0.2, 0.25) is 0 Å². The van der Waals surface area contributed by atoms with Gasteiger partial charge in [0.05, 0.1) is 5.54 Å². The average molecular weight is 410 g/mol. The minimum absolute atomic E-state index is 0.0314. The smallest absolute Gasteiger partial charge is 0.410 e. The van der Waals surface area contributed by atoms with Crippen molar-refractivity contribution in [3.05, 3.63) is 65.7 Å². The van der Waals surface area contributed by atoms with Gasteiger partial charge in [-0.05, 0) is 43.0 Å². The highest BCUT2D eigenvalue weighted by molar-refractivity contribution is 5.70. The molecule has 0 bridgehead atoms. The van der Waals surface area contributed by atoms with Crippen molar-refractivity contribution in [3.63, 3.8) is 0 Å². The Balaban J connectivity index is 1.45. The summed E-state index contributed by atoms with van der Waals surface area (Å²) in [6, 6.07) is 18.0. The van der Waals surface area contributed by atoms with Crippen LogP contribution in [0, 0.1) is 0 Å². The van der Waals surface area contributed by atoms with Crippen molar-refractivity contribution in [2.24, 2.45) is 5.73 Å². The van der Waals surface area contributed by atoms with Crippen molar-refractivity contribution >= 4 is 6.09 Å². The summed E-state index contributed by atoms with van der Waals surface area (Å²) < 4.78 is 11.2.